The van der Waals surface area contributed by atoms with Crippen molar-refractivity contribution in [2.45, 2.75) is 83.1 Å². The molecule has 0 saturated heterocycles. The number of carbonyl (C=O) groups is 2. The molecule has 1 aromatic carbocycles. The summed E-state index contributed by atoms with van der Waals surface area (Å²) in [5.74, 6) is -0.850. The summed E-state index contributed by atoms with van der Waals surface area (Å²) < 4.78 is 0. The number of nitrogens with one attached hydrogen (secondary N) is 2. The van der Waals surface area contributed by atoms with Gasteiger partial charge in [-0.3, -0.25) is 9.59 Å². The normalized spacial score (nSPS) is 17.3. The summed E-state index contributed by atoms with van der Waals surface area (Å²) in [6.45, 7) is 0.404. The molecule has 1 fully saturated rings. The zero-order valence-electron chi connectivity index (χ0n) is 16.3. The van der Waals surface area contributed by atoms with E-state index in [9.17, 15) is 14.7 Å². The molecular weight excluding hydrogens is 340 g/mol. The largest absolute Gasteiger partial charge is 0.508 e. The van der Waals surface area contributed by atoms with Crippen molar-refractivity contribution in [2.75, 3.05) is 6.54 Å². The Hall–Kier alpha value is -2.04. The molecule has 0 aliphatic heterocycles. The highest BCUT2D eigenvalue weighted by Crippen LogP contribution is 2.17. The third kappa shape index (κ3) is 8.94. The smallest absolute Gasteiger partial charge is 0.309 e. The molecule has 0 radical (unpaired) electrons. The number of benzene rings is 1. The first-order valence-corrected chi connectivity index (χ1v) is 10.5. The summed E-state index contributed by atoms with van der Waals surface area (Å²) in [6, 6.07) is 6.97. The van der Waals surface area contributed by atoms with Gasteiger partial charge in [0.05, 0.1) is 0 Å². The number of hydrogen-bond acceptors (Lipinski definition) is 3. The monoisotopic (exact) mass is 374 g/mol. The van der Waals surface area contributed by atoms with Crippen LogP contribution in [0.2, 0.25) is 0 Å². The van der Waals surface area contributed by atoms with Crippen LogP contribution >= 0.6 is 0 Å². The van der Waals surface area contributed by atoms with Crippen molar-refractivity contribution in [1.82, 2.24) is 10.6 Å². The lowest BCUT2D eigenvalue weighted by atomic mass is 9.98. The second kappa shape index (κ2) is 12.4. The van der Waals surface area contributed by atoms with E-state index in [0.717, 1.165) is 31.2 Å². The van der Waals surface area contributed by atoms with Gasteiger partial charge >= 0.3 is 11.8 Å². The summed E-state index contributed by atoms with van der Waals surface area (Å²) in [7, 11) is 0. The van der Waals surface area contributed by atoms with Gasteiger partial charge in [-0.2, -0.15) is 0 Å². The van der Waals surface area contributed by atoms with Crippen LogP contribution < -0.4 is 10.6 Å². The number of phenols is 1. The van der Waals surface area contributed by atoms with E-state index in [0.29, 0.717) is 13.0 Å². The highest BCUT2D eigenvalue weighted by atomic mass is 16.3. The number of aromatic hydroxyl groups is 1. The van der Waals surface area contributed by atoms with Gasteiger partial charge in [0.2, 0.25) is 0 Å². The quantitative estimate of drug-likeness (QED) is 0.701. The Labute approximate surface area is 162 Å². The van der Waals surface area contributed by atoms with Crippen molar-refractivity contribution in [2.24, 2.45) is 0 Å². The van der Waals surface area contributed by atoms with Crippen LogP contribution in [0.15, 0.2) is 24.3 Å². The number of hydrogen-bond donors (Lipinski definition) is 3. The second-order valence-electron chi connectivity index (χ2n) is 7.60. The molecule has 0 heterocycles. The maximum atomic E-state index is 12.2. The van der Waals surface area contributed by atoms with E-state index in [1.54, 1.807) is 12.1 Å². The lowest BCUT2D eigenvalue weighted by molar-refractivity contribution is -0.139. The van der Waals surface area contributed by atoms with Crippen molar-refractivity contribution in [3.05, 3.63) is 29.8 Å². The molecule has 2 amide bonds. The Morgan fingerprint density at radius 1 is 0.815 bits per heavy atom. The number of rotatable bonds is 4. The SMILES string of the molecule is O=C(NCCc1ccc(O)cc1)C(=O)NC1CCCCCCCCCCC1. The van der Waals surface area contributed by atoms with Gasteiger partial charge in [-0.05, 0) is 37.0 Å². The first kappa shape index (κ1) is 21.3. The molecule has 0 atom stereocenters. The Bertz CT molecular complexity index is 559. The Morgan fingerprint density at radius 2 is 1.33 bits per heavy atom. The summed E-state index contributed by atoms with van der Waals surface area (Å²) in [5, 5.41) is 14.9. The minimum atomic E-state index is -0.556. The fourth-order valence-electron chi connectivity index (χ4n) is 3.62. The molecule has 1 aromatic rings. The molecule has 0 bridgehead atoms. The molecule has 27 heavy (non-hydrogen) atoms. The third-order valence-corrected chi connectivity index (χ3v) is 5.28. The molecule has 5 nitrogen and oxygen atoms in total. The first-order chi connectivity index (χ1) is 13.1. The summed E-state index contributed by atoms with van der Waals surface area (Å²) >= 11 is 0. The predicted octanol–water partition coefficient (Wildman–Crippen LogP) is 3.84. The van der Waals surface area contributed by atoms with E-state index in [-0.39, 0.29) is 11.8 Å². The van der Waals surface area contributed by atoms with Crippen LogP contribution in [0.25, 0.3) is 0 Å². The minimum Gasteiger partial charge on any atom is -0.508 e. The average Bonchev–Trinajstić information content (AvgIpc) is 2.65. The van der Waals surface area contributed by atoms with E-state index in [1.165, 1.54) is 44.9 Å². The molecule has 0 aromatic heterocycles. The maximum absolute atomic E-state index is 12.2. The maximum Gasteiger partial charge on any atom is 0.309 e. The highest BCUT2D eigenvalue weighted by molar-refractivity contribution is 6.35. The van der Waals surface area contributed by atoms with Gasteiger partial charge in [0.1, 0.15) is 5.75 Å². The van der Waals surface area contributed by atoms with Crippen molar-refractivity contribution in [3.63, 3.8) is 0 Å². The Balaban J connectivity index is 1.71. The summed E-state index contributed by atoms with van der Waals surface area (Å²) in [5.41, 5.74) is 1.01. The zero-order chi connectivity index (χ0) is 19.3. The Kier molecular flexibility index (Phi) is 9.74. The minimum absolute atomic E-state index is 0.111. The van der Waals surface area contributed by atoms with E-state index >= 15 is 0 Å². The van der Waals surface area contributed by atoms with Gasteiger partial charge < -0.3 is 15.7 Å². The van der Waals surface area contributed by atoms with Gasteiger partial charge in [0, 0.05) is 12.6 Å². The van der Waals surface area contributed by atoms with Gasteiger partial charge in [-0.25, -0.2) is 0 Å². The molecule has 150 valence electrons. The third-order valence-electron chi connectivity index (χ3n) is 5.28. The second-order valence-corrected chi connectivity index (χ2v) is 7.60. The van der Waals surface area contributed by atoms with Crippen LogP contribution in [0, 0.1) is 0 Å². The van der Waals surface area contributed by atoms with Gasteiger partial charge in [-0.1, -0.05) is 69.9 Å². The van der Waals surface area contributed by atoms with Crippen LogP contribution in [0.3, 0.4) is 0 Å². The van der Waals surface area contributed by atoms with Crippen molar-refractivity contribution in [1.29, 1.82) is 0 Å². The van der Waals surface area contributed by atoms with Crippen LogP contribution in [-0.4, -0.2) is 29.5 Å². The van der Waals surface area contributed by atoms with Gasteiger partial charge in [0.25, 0.3) is 0 Å². The summed E-state index contributed by atoms with van der Waals surface area (Å²) in [6.07, 6.45) is 13.8. The molecule has 1 saturated carbocycles. The van der Waals surface area contributed by atoms with Crippen molar-refractivity contribution < 1.29 is 14.7 Å². The number of carbonyl (C=O) groups excluding carboxylic acids is 2. The van der Waals surface area contributed by atoms with Gasteiger partial charge in [0.15, 0.2) is 0 Å². The highest BCUT2D eigenvalue weighted by Gasteiger charge is 2.18. The number of phenolic OH excluding ortho intramolecular Hbond substituents is 1. The molecular formula is C22H34N2O3. The Morgan fingerprint density at radius 3 is 1.89 bits per heavy atom. The molecule has 1 aliphatic carbocycles. The van der Waals surface area contributed by atoms with Crippen LogP contribution in [0.5, 0.6) is 5.75 Å². The van der Waals surface area contributed by atoms with E-state index in [4.69, 9.17) is 0 Å². The summed E-state index contributed by atoms with van der Waals surface area (Å²) in [4.78, 5) is 24.3. The van der Waals surface area contributed by atoms with Crippen LogP contribution in [-0.2, 0) is 16.0 Å². The van der Waals surface area contributed by atoms with Crippen molar-refractivity contribution in [3.8, 4) is 5.75 Å². The fraction of sp³-hybridized carbons (Fsp3) is 0.636. The van der Waals surface area contributed by atoms with Gasteiger partial charge in [-0.15, -0.1) is 0 Å². The predicted molar refractivity (Wildman–Crippen MR) is 108 cm³/mol. The average molecular weight is 375 g/mol. The topological polar surface area (TPSA) is 78.4 Å². The van der Waals surface area contributed by atoms with E-state index < -0.39 is 11.8 Å². The lowest BCUT2D eigenvalue weighted by Gasteiger charge is -2.19. The molecule has 5 heteroatoms. The van der Waals surface area contributed by atoms with Crippen molar-refractivity contribution >= 4 is 11.8 Å². The van der Waals surface area contributed by atoms with E-state index in [2.05, 4.69) is 10.6 Å². The molecule has 1 aliphatic rings. The first-order valence-electron chi connectivity index (χ1n) is 10.5. The zero-order valence-corrected chi connectivity index (χ0v) is 16.3. The molecule has 0 spiro atoms. The van der Waals surface area contributed by atoms with Crippen LogP contribution in [0.4, 0.5) is 0 Å². The number of amides is 2. The fourth-order valence-corrected chi connectivity index (χ4v) is 3.62. The molecule has 0 unspecified atom stereocenters. The van der Waals surface area contributed by atoms with E-state index in [1.807, 2.05) is 12.1 Å². The molecule has 3 N–H and O–H groups in total. The lowest BCUT2D eigenvalue weighted by Crippen LogP contribution is -2.45. The standard InChI is InChI=1S/C22H34N2O3/c25-20-14-12-18(13-15-20)16-17-23-21(26)22(27)24-19-10-8-6-4-2-1-3-5-7-9-11-19/h12-15,19,25H,1-11,16-17H2,(H,23,26)(H,24,27). The molecule has 2 rings (SSSR count). The van der Waals surface area contributed by atoms with Crippen LogP contribution in [0.1, 0.15) is 76.2 Å².